The molecule has 0 fully saturated rings. The summed E-state index contributed by atoms with van der Waals surface area (Å²) in [4.78, 5) is 25.9. The predicted molar refractivity (Wildman–Crippen MR) is 81.4 cm³/mol. The minimum absolute atomic E-state index is 0.0238. The Balaban J connectivity index is 1.81. The fourth-order valence-corrected chi connectivity index (χ4v) is 2.59. The number of carbonyl (C=O) groups excluding carboxylic acids is 2. The third kappa shape index (κ3) is 2.60. The number of furan rings is 1. The Hall–Kier alpha value is -2.60. The lowest BCUT2D eigenvalue weighted by Crippen LogP contribution is -2.31. The van der Waals surface area contributed by atoms with Crippen LogP contribution in [0.5, 0.6) is 0 Å². The Morgan fingerprint density at radius 2 is 2.14 bits per heavy atom. The highest BCUT2D eigenvalue weighted by atomic mass is 16.3. The topological polar surface area (TPSA) is 88.6 Å². The summed E-state index contributed by atoms with van der Waals surface area (Å²) in [6.45, 7) is 1.06. The summed E-state index contributed by atoms with van der Waals surface area (Å²) in [6.07, 6.45) is 1.85. The summed E-state index contributed by atoms with van der Waals surface area (Å²) in [7, 11) is 0. The summed E-state index contributed by atoms with van der Waals surface area (Å²) in [5, 5.41) is 2.67. The van der Waals surface area contributed by atoms with Crippen LogP contribution in [0.25, 0.3) is 0 Å². The van der Waals surface area contributed by atoms with Crippen LogP contribution >= 0.6 is 0 Å². The van der Waals surface area contributed by atoms with Gasteiger partial charge in [-0.25, -0.2) is 0 Å². The number of amides is 2. The smallest absolute Gasteiger partial charge is 0.287 e. The molecule has 0 aliphatic carbocycles. The fourth-order valence-electron chi connectivity index (χ4n) is 2.59. The van der Waals surface area contributed by atoms with E-state index in [1.807, 2.05) is 24.3 Å². The van der Waals surface area contributed by atoms with Gasteiger partial charge in [0, 0.05) is 24.3 Å². The Bertz CT molecular complexity index is 708. The van der Waals surface area contributed by atoms with E-state index in [0.29, 0.717) is 31.6 Å². The quantitative estimate of drug-likeness (QED) is 0.864. The molecule has 2 amide bonds. The van der Waals surface area contributed by atoms with Crippen molar-refractivity contribution < 1.29 is 14.0 Å². The molecule has 0 saturated heterocycles. The number of nitrogens with zero attached hydrogens (tertiary/aromatic N) is 1. The number of para-hydroxylation sites is 1. The summed E-state index contributed by atoms with van der Waals surface area (Å²) in [6, 6.07) is 9.38. The van der Waals surface area contributed by atoms with E-state index < -0.39 is 0 Å². The maximum absolute atomic E-state index is 12.2. The van der Waals surface area contributed by atoms with Gasteiger partial charge in [0.2, 0.25) is 5.91 Å². The van der Waals surface area contributed by atoms with Crippen LogP contribution in [0.15, 0.2) is 41.0 Å². The molecule has 6 heteroatoms. The minimum Gasteiger partial charge on any atom is -0.459 e. The first-order valence-corrected chi connectivity index (χ1v) is 7.13. The SMILES string of the molecule is NCCNC(=O)c1occc1CN1C(=O)Cc2ccccc21. The van der Waals surface area contributed by atoms with Crippen LogP contribution in [0, 0.1) is 0 Å². The molecule has 0 bridgehead atoms. The molecular formula is C16H17N3O3. The van der Waals surface area contributed by atoms with E-state index in [1.54, 1.807) is 11.0 Å². The van der Waals surface area contributed by atoms with E-state index in [0.717, 1.165) is 11.3 Å². The molecule has 0 spiro atoms. The Morgan fingerprint density at radius 3 is 2.95 bits per heavy atom. The van der Waals surface area contributed by atoms with Gasteiger partial charge >= 0.3 is 0 Å². The molecule has 0 unspecified atom stereocenters. The minimum atomic E-state index is -0.314. The van der Waals surface area contributed by atoms with Crippen molar-refractivity contribution in [2.75, 3.05) is 18.0 Å². The van der Waals surface area contributed by atoms with Gasteiger partial charge in [0.15, 0.2) is 5.76 Å². The molecule has 1 aliphatic heterocycles. The third-order valence-electron chi connectivity index (χ3n) is 3.64. The first-order valence-electron chi connectivity index (χ1n) is 7.13. The van der Waals surface area contributed by atoms with Gasteiger partial charge in [0.25, 0.3) is 5.91 Å². The van der Waals surface area contributed by atoms with Crippen LogP contribution < -0.4 is 16.0 Å². The van der Waals surface area contributed by atoms with Crippen LogP contribution in [0.2, 0.25) is 0 Å². The Morgan fingerprint density at radius 1 is 1.32 bits per heavy atom. The largest absolute Gasteiger partial charge is 0.459 e. The van der Waals surface area contributed by atoms with Crippen molar-refractivity contribution >= 4 is 17.5 Å². The number of rotatable bonds is 5. The molecule has 1 aromatic heterocycles. The van der Waals surface area contributed by atoms with Gasteiger partial charge < -0.3 is 20.4 Å². The number of nitrogens with two attached hydrogens (primary N) is 1. The molecule has 0 saturated carbocycles. The number of benzene rings is 1. The van der Waals surface area contributed by atoms with E-state index in [1.165, 1.54) is 6.26 Å². The molecule has 114 valence electrons. The Labute approximate surface area is 127 Å². The van der Waals surface area contributed by atoms with Crippen LogP contribution in [0.1, 0.15) is 21.7 Å². The third-order valence-corrected chi connectivity index (χ3v) is 3.64. The van der Waals surface area contributed by atoms with Gasteiger partial charge in [0.05, 0.1) is 19.2 Å². The molecule has 0 atom stereocenters. The maximum Gasteiger partial charge on any atom is 0.287 e. The monoisotopic (exact) mass is 299 g/mol. The molecule has 2 aromatic rings. The number of hydrogen-bond acceptors (Lipinski definition) is 4. The van der Waals surface area contributed by atoms with Gasteiger partial charge in [-0.1, -0.05) is 18.2 Å². The lowest BCUT2D eigenvalue weighted by Gasteiger charge is -2.17. The van der Waals surface area contributed by atoms with Gasteiger partial charge in [-0.05, 0) is 17.7 Å². The zero-order chi connectivity index (χ0) is 15.5. The highest BCUT2D eigenvalue weighted by Gasteiger charge is 2.28. The van der Waals surface area contributed by atoms with Crippen LogP contribution in [0.3, 0.4) is 0 Å². The van der Waals surface area contributed by atoms with Crippen molar-refractivity contribution in [1.82, 2.24) is 5.32 Å². The normalized spacial score (nSPS) is 13.3. The molecule has 3 N–H and O–H groups in total. The van der Waals surface area contributed by atoms with E-state index in [-0.39, 0.29) is 17.6 Å². The molecule has 3 rings (SSSR count). The highest BCUT2D eigenvalue weighted by molar-refractivity contribution is 6.01. The molecule has 1 aliphatic rings. The second-order valence-electron chi connectivity index (χ2n) is 5.10. The van der Waals surface area contributed by atoms with Crippen molar-refractivity contribution in [3.8, 4) is 0 Å². The average Bonchev–Trinajstić information content (AvgIpc) is 3.10. The lowest BCUT2D eigenvalue weighted by atomic mass is 10.1. The van der Waals surface area contributed by atoms with E-state index in [4.69, 9.17) is 10.2 Å². The average molecular weight is 299 g/mol. The van der Waals surface area contributed by atoms with E-state index in [2.05, 4.69) is 5.32 Å². The van der Waals surface area contributed by atoms with Crippen molar-refractivity contribution in [1.29, 1.82) is 0 Å². The number of anilines is 1. The number of carbonyl (C=O) groups is 2. The summed E-state index contributed by atoms with van der Waals surface area (Å²) < 4.78 is 5.27. The zero-order valence-corrected chi connectivity index (χ0v) is 12.0. The number of hydrogen-bond donors (Lipinski definition) is 2. The lowest BCUT2D eigenvalue weighted by molar-refractivity contribution is -0.117. The van der Waals surface area contributed by atoms with Gasteiger partial charge in [0.1, 0.15) is 0 Å². The van der Waals surface area contributed by atoms with Gasteiger partial charge in [-0.15, -0.1) is 0 Å². The summed E-state index contributed by atoms with van der Waals surface area (Å²) in [5.74, 6) is -0.0632. The molecule has 0 radical (unpaired) electrons. The predicted octanol–water partition coefficient (Wildman–Crippen LogP) is 1.06. The number of nitrogens with one attached hydrogen (secondary N) is 1. The molecule has 2 heterocycles. The van der Waals surface area contributed by atoms with Crippen LogP contribution in [-0.4, -0.2) is 24.9 Å². The second kappa shape index (κ2) is 6.03. The zero-order valence-electron chi connectivity index (χ0n) is 12.0. The van der Waals surface area contributed by atoms with Crippen LogP contribution in [-0.2, 0) is 17.8 Å². The van der Waals surface area contributed by atoms with Crippen molar-refractivity contribution in [3.63, 3.8) is 0 Å². The van der Waals surface area contributed by atoms with E-state index >= 15 is 0 Å². The molecule has 6 nitrogen and oxygen atoms in total. The molecular weight excluding hydrogens is 282 g/mol. The number of fused-ring (bicyclic) bond motifs is 1. The van der Waals surface area contributed by atoms with Crippen molar-refractivity contribution in [3.05, 3.63) is 53.5 Å². The highest BCUT2D eigenvalue weighted by Crippen LogP contribution is 2.30. The van der Waals surface area contributed by atoms with Crippen molar-refractivity contribution in [2.24, 2.45) is 5.73 Å². The summed E-state index contributed by atoms with van der Waals surface area (Å²) >= 11 is 0. The first kappa shape index (κ1) is 14.3. The van der Waals surface area contributed by atoms with Crippen molar-refractivity contribution in [2.45, 2.75) is 13.0 Å². The van der Waals surface area contributed by atoms with E-state index in [9.17, 15) is 9.59 Å². The second-order valence-corrected chi connectivity index (χ2v) is 5.10. The molecule has 1 aromatic carbocycles. The maximum atomic E-state index is 12.2. The Kier molecular flexibility index (Phi) is 3.93. The summed E-state index contributed by atoms with van der Waals surface area (Å²) in [5.41, 5.74) is 7.95. The first-order chi connectivity index (χ1) is 10.7. The molecule has 22 heavy (non-hydrogen) atoms. The van der Waals surface area contributed by atoms with Crippen LogP contribution in [0.4, 0.5) is 5.69 Å². The van der Waals surface area contributed by atoms with Gasteiger partial charge in [-0.3, -0.25) is 9.59 Å². The fraction of sp³-hybridized carbons (Fsp3) is 0.250. The standard InChI is InChI=1S/C16H17N3O3/c17-6-7-18-16(21)15-12(5-8-22-15)10-19-13-4-2-1-3-11(13)9-14(19)20/h1-5,8H,6-7,9-10,17H2,(H,18,21). The van der Waals surface area contributed by atoms with Gasteiger partial charge in [-0.2, -0.15) is 0 Å².